The van der Waals surface area contributed by atoms with Crippen molar-refractivity contribution in [3.05, 3.63) is 89.2 Å². The van der Waals surface area contributed by atoms with Gasteiger partial charge >= 0.3 is 0 Å². The first kappa shape index (κ1) is 14.3. The Balaban J connectivity index is 1.75. The van der Waals surface area contributed by atoms with Crippen molar-refractivity contribution in [2.75, 3.05) is 0 Å². The normalized spacial score (nSPS) is 10.8. The van der Waals surface area contributed by atoms with Crippen LogP contribution in [0.5, 0.6) is 0 Å². The smallest absolute Gasteiger partial charge is 0.282 e. The van der Waals surface area contributed by atoms with E-state index in [2.05, 4.69) is 27.1 Å². The summed E-state index contributed by atoms with van der Waals surface area (Å²) >= 11 is 0. The van der Waals surface area contributed by atoms with Crippen molar-refractivity contribution in [2.24, 2.45) is 0 Å². The molecule has 4 rings (SSSR count). The molecule has 0 N–H and O–H groups in total. The van der Waals surface area contributed by atoms with Crippen LogP contribution in [0.4, 0.5) is 0 Å². The van der Waals surface area contributed by atoms with Gasteiger partial charge in [-0.25, -0.2) is 4.98 Å². The van der Waals surface area contributed by atoms with Gasteiger partial charge in [-0.05, 0) is 23.8 Å². The first-order chi connectivity index (χ1) is 11.8. The summed E-state index contributed by atoms with van der Waals surface area (Å²) in [5.74, 6) is 0.427. The van der Waals surface area contributed by atoms with Gasteiger partial charge in [0.15, 0.2) is 5.82 Å². The van der Waals surface area contributed by atoms with Crippen molar-refractivity contribution < 1.29 is 0 Å². The van der Waals surface area contributed by atoms with Crippen LogP contribution < -0.4 is 5.56 Å². The molecule has 2 aliphatic rings. The highest BCUT2D eigenvalue weighted by Gasteiger charge is 2.13. The molecule has 0 saturated carbocycles. The van der Waals surface area contributed by atoms with E-state index < -0.39 is 0 Å². The van der Waals surface area contributed by atoms with Gasteiger partial charge in [0, 0.05) is 36.9 Å². The fourth-order valence-electron chi connectivity index (χ4n) is 2.61. The molecule has 2 aliphatic heterocycles. The average molecular weight is 314 g/mol. The Hall–Kier alpha value is -3.34. The molecule has 3 heterocycles. The molecule has 0 amide bonds. The molecular weight excluding hydrogens is 300 g/mol. The number of aromatic nitrogens is 4. The Labute approximate surface area is 138 Å². The zero-order valence-corrected chi connectivity index (χ0v) is 12.8. The molecule has 1 aromatic heterocycles. The van der Waals surface area contributed by atoms with E-state index in [4.69, 9.17) is 0 Å². The van der Waals surface area contributed by atoms with Gasteiger partial charge in [-0.2, -0.15) is 4.98 Å². The van der Waals surface area contributed by atoms with Gasteiger partial charge in [0.2, 0.25) is 0 Å². The fourth-order valence-corrected chi connectivity index (χ4v) is 2.61. The molecule has 0 radical (unpaired) electrons. The van der Waals surface area contributed by atoms with Crippen LogP contribution in [0.25, 0.3) is 22.6 Å². The quantitative estimate of drug-likeness (QED) is 0.583. The summed E-state index contributed by atoms with van der Waals surface area (Å²) in [4.78, 5) is 25.0. The topological polar surface area (TPSA) is 60.7 Å². The Morgan fingerprint density at radius 3 is 2.50 bits per heavy atom. The molecule has 0 spiro atoms. The minimum atomic E-state index is -0.269. The van der Waals surface area contributed by atoms with Crippen molar-refractivity contribution in [1.82, 2.24) is 19.5 Å². The van der Waals surface area contributed by atoms with Crippen molar-refractivity contribution in [2.45, 2.75) is 6.54 Å². The van der Waals surface area contributed by atoms with Crippen LogP contribution in [0.2, 0.25) is 0 Å². The number of nitrogens with zero attached hydrogens (tertiary/aromatic N) is 4. The molecule has 5 heteroatoms. The molecule has 0 unspecified atom stereocenters. The molecule has 0 fully saturated rings. The second-order valence-corrected chi connectivity index (χ2v) is 5.49. The van der Waals surface area contributed by atoms with E-state index in [9.17, 15) is 4.79 Å². The van der Waals surface area contributed by atoms with E-state index in [0.29, 0.717) is 23.6 Å². The maximum Gasteiger partial charge on any atom is 0.282 e. The van der Waals surface area contributed by atoms with Gasteiger partial charge in [0.05, 0.1) is 11.3 Å². The van der Waals surface area contributed by atoms with Gasteiger partial charge in [-0.1, -0.05) is 30.3 Å². The zero-order chi connectivity index (χ0) is 16.4. The van der Waals surface area contributed by atoms with E-state index in [-0.39, 0.29) is 5.56 Å². The van der Waals surface area contributed by atoms with Gasteiger partial charge in [-0.3, -0.25) is 9.78 Å². The number of pyridine rings is 2. The van der Waals surface area contributed by atoms with E-state index >= 15 is 0 Å². The zero-order valence-electron chi connectivity index (χ0n) is 12.8. The number of rotatable bonds is 3. The number of fused-ring (bicyclic) bond motifs is 1. The number of benzene rings is 1. The predicted octanol–water partition coefficient (Wildman–Crippen LogP) is 2.85. The van der Waals surface area contributed by atoms with Crippen LogP contribution in [0.3, 0.4) is 0 Å². The second kappa shape index (κ2) is 6.04. The van der Waals surface area contributed by atoms with Crippen LogP contribution in [-0.4, -0.2) is 19.5 Å². The Morgan fingerprint density at radius 2 is 1.71 bits per heavy atom. The molecule has 1 aromatic carbocycles. The number of hydrogen-bond donors (Lipinski definition) is 0. The summed E-state index contributed by atoms with van der Waals surface area (Å²) in [7, 11) is 0. The van der Waals surface area contributed by atoms with Gasteiger partial charge in [-0.15, -0.1) is 0 Å². The van der Waals surface area contributed by atoms with Gasteiger partial charge in [0.1, 0.15) is 0 Å². The lowest BCUT2D eigenvalue weighted by atomic mass is 10.1. The highest BCUT2D eigenvalue weighted by molar-refractivity contribution is 5.63. The minimum Gasteiger partial charge on any atom is -0.349 e. The molecule has 24 heavy (non-hydrogen) atoms. The second-order valence-electron chi connectivity index (χ2n) is 5.49. The number of hydrogen-bond acceptors (Lipinski definition) is 4. The Bertz CT molecular complexity index is 997. The van der Waals surface area contributed by atoms with Crippen LogP contribution in [0.15, 0.2) is 78.1 Å². The first-order valence-corrected chi connectivity index (χ1v) is 7.62. The lowest BCUT2D eigenvalue weighted by Gasteiger charge is -2.11. The third-order valence-corrected chi connectivity index (χ3v) is 3.81. The highest BCUT2D eigenvalue weighted by atomic mass is 16.1. The molecule has 0 atom stereocenters. The lowest BCUT2D eigenvalue weighted by Crippen LogP contribution is -2.15. The maximum atomic E-state index is 12.4. The standard InChI is InChI=1S/C19H14N4O/c24-19-16-13-23(12-14-4-2-1-3-5-14)11-8-17(16)21-18(22-19)15-6-9-20-10-7-15/h1-11,13H,12H2. The monoisotopic (exact) mass is 314 g/mol. The minimum absolute atomic E-state index is 0.269. The molecule has 116 valence electrons. The van der Waals surface area contributed by atoms with Gasteiger partial charge < -0.3 is 4.57 Å². The summed E-state index contributed by atoms with van der Waals surface area (Å²) < 4.78 is 1.97. The Morgan fingerprint density at radius 1 is 0.917 bits per heavy atom. The van der Waals surface area contributed by atoms with E-state index in [1.54, 1.807) is 30.7 Å². The summed E-state index contributed by atoms with van der Waals surface area (Å²) in [6.07, 6.45) is 7.05. The first-order valence-electron chi connectivity index (χ1n) is 7.62. The summed E-state index contributed by atoms with van der Waals surface area (Å²) in [5.41, 5.74) is 2.85. The molecule has 0 bridgehead atoms. The lowest BCUT2D eigenvalue weighted by molar-refractivity contribution is 0.788. The van der Waals surface area contributed by atoms with Crippen LogP contribution in [0.1, 0.15) is 5.56 Å². The van der Waals surface area contributed by atoms with Crippen LogP contribution in [-0.2, 0) is 6.54 Å². The van der Waals surface area contributed by atoms with Crippen molar-refractivity contribution in [3.63, 3.8) is 0 Å². The van der Waals surface area contributed by atoms with E-state index in [1.165, 1.54) is 5.56 Å². The van der Waals surface area contributed by atoms with Crippen LogP contribution in [0, 0.1) is 0 Å². The molecule has 0 aliphatic carbocycles. The van der Waals surface area contributed by atoms with Gasteiger partial charge in [0.25, 0.3) is 5.56 Å². The summed E-state index contributed by atoms with van der Waals surface area (Å²) in [5, 5.41) is 0. The third kappa shape index (κ3) is 2.79. The van der Waals surface area contributed by atoms with Crippen molar-refractivity contribution >= 4 is 0 Å². The van der Waals surface area contributed by atoms with E-state index in [0.717, 1.165) is 5.56 Å². The molecule has 0 saturated heterocycles. The molecule has 5 nitrogen and oxygen atoms in total. The van der Waals surface area contributed by atoms with Crippen LogP contribution >= 0.6 is 0 Å². The third-order valence-electron chi connectivity index (χ3n) is 3.81. The fraction of sp³-hybridized carbons (Fsp3) is 0.0526. The van der Waals surface area contributed by atoms with E-state index in [1.807, 2.05) is 35.0 Å². The average Bonchev–Trinajstić information content (AvgIpc) is 2.64. The largest absolute Gasteiger partial charge is 0.349 e. The highest BCUT2D eigenvalue weighted by Crippen LogP contribution is 2.19. The maximum absolute atomic E-state index is 12.4. The van der Waals surface area contributed by atoms with Crippen molar-refractivity contribution in [3.8, 4) is 22.6 Å². The summed E-state index contributed by atoms with van der Waals surface area (Å²) in [6, 6.07) is 15.5. The Kier molecular flexibility index (Phi) is 3.59. The summed E-state index contributed by atoms with van der Waals surface area (Å²) in [6.45, 7) is 0.697. The molecular formula is C19H14N4O. The van der Waals surface area contributed by atoms with Crippen molar-refractivity contribution in [1.29, 1.82) is 0 Å². The SMILES string of the molecule is O=c1nc(-c2ccncc2)nc2ccn(Cc3ccccc3)cc1-2. The molecule has 2 aromatic rings. The predicted molar refractivity (Wildman–Crippen MR) is 91.7 cm³/mol.